The number of imide groups is 1. The number of carbonyl (C=O) groups excluding carboxylic acids is 2. The maximum Gasteiger partial charge on any atom is 0.247 e. The van der Waals surface area contributed by atoms with Crippen molar-refractivity contribution in [3.63, 3.8) is 0 Å². The number of nitrogens with zero attached hydrogens (tertiary/aromatic N) is 2. The predicted octanol–water partition coefficient (Wildman–Crippen LogP) is 4.26. The van der Waals surface area contributed by atoms with E-state index in [9.17, 15) is 9.59 Å². The Kier molecular flexibility index (Phi) is 9.23. The molecule has 1 atom stereocenters. The predicted molar refractivity (Wildman–Crippen MR) is 122 cm³/mol. The molecule has 0 unspecified atom stereocenters. The molecule has 0 aromatic heterocycles. The van der Waals surface area contributed by atoms with Gasteiger partial charge in [0.15, 0.2) is 0 Å². The summed E-state index contributed by atoms with van der Waals surface area (Å²) in [5, 5.41) is -0.507. The average Bonchev–Trinajstić information content (AvgIpc) is 3.00. The topological polar surface area (TPSA) is 59.1 Å². The fourth-order valence-electron chi connectivity index (χ4n) is 3.11. The third-order valence-electron chi connectivity index (χ3n) is 4.80. The van der Waals surface area contributed by atoms with Crippen molar-refractivity contribution in [2.45, 2.75) is 51.2 Å². The summed E-state index contributed by atoms with van der Waals surface area (Å²) in [5.41, 5.74) is 0.436. The highest BCUT2D eigenvalue weighted by atomic mass is 32.2. The molecule has 29 heavy (non-hydrogen) atoms. The quantitative estimate of drug-likeness (QED) is 0.400. The van der Waals surface area contributed by atoms with Crippen LogP contribution in [0.4, 0.5) is 5.69 Å². The normalized spacial score (nSPS) is 16.3. The summed E-state index contributed by atoms with van der Waals surface area (Å²) in [4.78, 5) is 29.1. The van der Waals surface area contributed by atoms with Gasteiger partial charge >= 0.3 is 0 Å². The van der Waals surface area contributed by atoms with Gasteiger partial charge in [0, 0.05) is 25.6 Å². The van der Waals surface area contributed by atoms with E-state index in [-0.39, 0.29) is 18.2 Å². The Bertz CT molecular complexity index is 733. The first-order valence-corrected chi connectivity index (χ1v) is 11.3. The Balaban J connectivity index is 2.14. The Hall–Kier alpha value is -1.80. The van der Waals surface area contributed by atoms with Crippen molar-refractivity contribution >= 4 is 45.8 Å². The van der Waals surface area contributed by atoms with Gasteiger partial charge in [0.05, 0.1) is 19.9 Å². The van der Waals surface area contributed by atoms with Crippen molar-refractivity contribution in [1.29, 1.82) is 0 Å². The minimum absolute atomic E-state index is 0.133. The number of methoxy groups -OCH3 is 2. The second-order valence-corrected chi connectivity index (χ2v) is 8.71. The van der Waals surface area contributed by atoms with E-state index in [2.05, 4.69) is 18.7 Å². The molecule has 0 spiro atoms. The van der Waals surface area contributed by atoms with Crippen molar-refractivity contribution in [3.05, 3.63) is 18.2 Å². The fourth-order valence-corrected chi connectivity index (χ4v) is 4.65. The molecule has 1 heterocycles. The van der Waals surface area contributed by atoms with Gasteiger partial charge in [-0.25, -0.2) is 4.90 Å². The molecule has 0 bridgehead atoms. The van der Waals surface area contributed by atoms with Crippen molar-refractivity contribution in [2.24, 2.45) is 0 Å². The lowest BCUT2D eigenvalue weighted by Crippen LogP contribution is -2.34. The van der Waals surface area contributed by atoms with Crippen molar-refractivity contribution in [3.8, 4) is 11.5 Å². The van der Waals surface area contributed by atoms with Crippen LogP contribution in [-0.4, -0.2) is 53.6 Å². The molecule has 1 fully saturated rings. The van der Waals surface area contributed by atoms with Crippen LogP contribution >= 0.6 is 24.0 Å². The Morgan fingerprint density at radius 1 is 1.17 bits per heavy atom. The minimum atomic E-state index is -0.507. The van der Waals surface area contributed by atoms with E-state index >= 15 is 0 Å². The van der Waals surface area contributed by atoms with Gasteiger partial charge in [-0.15, -0.1) is 0 Å². The summed E-state index contributed by atoms with van der Waals surface area (Å²) in [7, 11) is 3.06. The standard InChI is InChI=1S/C21H30N2O4S2/c1-5-7-11-22(12-8-6-2)21(28)29-18-14-19(24)23(20(18)25)16-10-9-15(26-3)13-17(16)27-4/h9-10,13,18H,5-8,11-12,14H2,1-4H3/t18-/m1/s1. The first-order valence-electron chi connectivity index (χ1n) is 10.0. The maximum absolute atomic E-state index is 13.0. The van der Waals surface area contributed by atoms with E-state index in [1.54, 1.807) is 25.3 Å². The van der Waals surface area contributed by atoms with Gasteiger partial charge in [0.1, 0.15) is 21.1 Å². The number of benzene rings is 1. The third-order valence-corrected chi connectivity index (χ3v) is 6.46. The number of ether oxygens (including phenoxy) is 2. The van der Waals surface area contributed by atoms with E-state index < -0.39 is 5.25 Å². The van der Waals surface area contributed by atoms with Gasteiger partial charge < -0.3 is 14.4 Å². The monoisotopic (exact) mass is 438 g/mol. The van der Waals surface area contributed by atoms with Crippen molar-refractivity contribution < 1.29 is 19.1 Å². The van der Waals surface area contributed by atoms with Gasteiger partial charge in [-0.1, -0.05) is 50.7 Å². The number of thiocarbonyl (C=S) groups is 1. The zero-order valence-electron chi connectivity index (χ0n) is 17.6. The van der Waals surface area contributed by atoms with Crippen molar-refractivity contribution in [2.75, 3.05) is 32.2 Å². The molecule has 0 saturated carbocycles. The van der Waals surface area contributed by atoms with E-state index in [1.165, 1.54) is 23.8 Å². The number of rotatable bonds is 10. The number of thioether (sulfide) groups is 1. The molecular formula is C21H30N2O4S2. The fraction of sp³-hybridized carbons (Fsp3) is 0.571. The number of amides is 2. The van der Waals surface area contributed by atoms with Gasteiger partial charge in [-0.05, 0) is 25.0 Å². The van der Waals surface area contributed by atoms with Crippen LogP contribution in [0.25, 0.3) is 0 Å². The Labute approximate surface area is 182 Å². The van der Waals surface area contributed by atoms with E-state index in [0.29, 0.717) is 21.5 Å². The van der Waals surface area contributed by atoms with Gasteiger partial charge in [0.25, 0.3) is 0 Å². The maximum atomic E-state index is 13.0. The summed E-state index contributed by atoms with van der Waals surface area (Å²) >= 11 is 6.96. The molecule has 1 aliphatic rings. The molecule has 1 saturated heterocycles. The molecule has 1 aromatic carbocycles. The van der Waals surface area contributed by atoms with E-state index in [4.69, 9.17) is 21.7 Å². The minimum Gasteiger partial charge on any atom is -0.497 e. The molecule has 0 N–H and O–H groups in total. The average molecular weight is 439 g/mol. The lowest BCUT2D eigenvalue weighted by Gasteiger charge is -2.25. The van der Waals surface area contributed by atoms with Crippen LogP contribution in [0.5, 0.6) is 11.5 Å². The van der Waals surface area contributed by atoms with E-state index in [1.807, 2.05) is 0 Å². The summed E-state index contributed by atoms with van der Waals surface area (Å²) in [6.07, 6.45) is 4.41. The van der Waals surface area contributed by atoms with Crippen LogP contribution in [0.1, 0.15) is 46.0 Å². The molecule has 160 valence electrons. The molecule has 0 radical (unpaired) electrons. The molecule has 1 aliphatic heterocycles. The van der Waals surface area contributed by atoms with Gasteiger partial charge in [-0.2, -0.15) is 0 Å². The molecule has 1 aromatic rings. The highest BCUT2D eigenvalue weighted by molar-refractivity contribution is 8.23. The third kappa shape index (κ3) is 5.85. The zero-order valence-corrected chi connectivity index (χ0v) is 19.2. The largest absolute Gasteiger partial charge is 0.497 e. The van der Waals surface area contributed by atoms with Crippen LogP contribution in [0.15, 0.2) is 18.2 Å². The number of hydrogen-bond donors (Lipinski definition) is 0. The second-order valence-electron chi connectivity index (χ2n) is 6.88. The van der Waals surface area contributed by atoms with Crippen molar-refractivity contribution in [1.82, 2.24) is 4.90 Å². The molecule has 6 nitrogen and oxygen atoms in total. The first kappa shape index (κ1) is 23.5. The van der Waals surface area contributed by atoms with Gasteiger partial charge in [-0.3, -0.25) is 9.59 Å². The number of carbonyl (C=O) groups is 2. The lowest BCUT2D eigenvalue weighted by molar-refractivity contribution is -0.121. The highest BCUT2D eigenvalue weighted by Gasteiger charge is 2.42. The molecular weight excluding hydrogens is 408 g/mol. The van der Waals surface area contributed by atoms with Crippen LogP contribution in [0.3, 0.4) is 0 Å². The summed E-state index contributed by atoms with van der Waals surface area (Å²) in [6, 6.07) is 5.05. The lowest BCUT2D eigenvalue weighted by atomic mass is 10.2. The number of hydrogen-bond acceptors (Lipinski definition) is 6. The summed E-state index contributed by atoms with van der Waals surface area (Å²) < 4.78 is 11.3. The number of unbranched alkanes of at least 4 members (excludes halogenated alkanes) is 2. The Morgan fingerprint density at radius 3 is 2.38 bits per heavy atom. The summed E-state index contributed by atoms with van der Waals surface area (Å²) in [5.74, 6) is 0.523. The van der Waals surface area contributed by atoms with Crippen LogP contribution in [0.2, 0.25) is 0 Å². The summed E-state index contributed by atoms with van der Waals surface area (Å²) in [6.45, 7) is 6.06. The van der Waals surface area contributed by atoms with E-state index in [0.717, 1.165) is 38.8 Å². The highest BCUT2D eigenvalue weighted by Crippen LogP contribution is 2.38. The SMILES string of the molecule is CCCCN(CCCC)C(=S)S[C@@H]1CC(=O)N(c2ccc(OC)cc2OC)C1=O. The molecule has 0 aliphatic carbocycles. The molecule has 8 heteroatoms. The van der Waals surface area contributed by atoms with Crippen LogP contribution < -0.4 is 14.4 Å². The first-order chi connectivity index (χ1) is 14.0. The van der Waals surface area contributed by atoms with Crippen LogP contribution in [-0.2, 0) is 9.59 Å². The zero-order chi connectivity index (χ0) is 21.4. The second kappa shape index (κ2) is 11.4. The Morgan fingerprint density at radius 2 is 1.83 bits per heavy atom. The smallest absolute Gasteiger partial charge is 0.247 e. The molecule has 2 rings (SSSR count). The van der Waals surface area contributed by atoms with Gasteiger partial charge in [0.2, 0.25) is 11.8 Å². The number of anilines is 1. The van der Waals surface area contributed by atoms with Crippen LogP contribution in [0, 0.1) is 0 Å². The molecule has 2 amide bonds.